The Morgan fingerprint density at radius 1 is 1.26 bits per heavy atom. The summed E-state index contributed by atoms with van der Waals surface area (Å²) in [6.45, 7) is 2.13. The second-order valence-corrected chi connectivity index (χ2v) is 8.06. The standard InChI is InChI=1S/C19H32F3N7O.HI/c1-23-18(24-8-5-14-6-9-28(10-7-14)13-19(20,21)22)25-15-3-4-17-26-16(12-30-2)27-29(17)11-15;/h14-15H,3-13H2,1-2H3,(H2,23,24,25);1H. The Kier molecular flexibility index (Phi) is 10.3. The Morgan fingerprint density at radius 3 is 2.65 bits per heavy atom. The maximum atomic E-state index is 12.5. The number of aromatic nitrogens is 3. The zero-order valence-corrected chi connectivity index (χ0v) is 20.4. The van der Waals surface area contributed by atoms with Crippen LogP contribution >= 0.6 is 24.0 Å². The summed E-state index contributed by atoms with van der Waals surface area (Å²) in [4.78, 5) is 10.3. The van der Waals surface area contributed by atoms with Crippen LogP contribution in [-0.4, -0.2) is 78.2 Å². The van der Waals surface area contributed by atoms with E-state index in [1.54, 1.807) is 14.2 Å². The molecule has 1 fully saturated rings. The van der Waals surface area contributed by atoms with Crippen molar-refractivity contribution >= 4 is 29.9 Å². The van der Waals surface area contributed by atoms with Crippen molar-refractivity contribution in [3.05, 3.63) is 11.6 Å². The molecule has 31 heavy (non-hydrogen) atoms. The lowest BCUT2D eigenvalue weighted by atomic mass is 9.93. The van der Waals surface area contributed by atoms with E-state index in [1.807, 2.05) is 4.68 Å². The van der Waals surface area contributed by atoms with Crippen LogP contribution in [0.1, 0.15) is 37.3 Å². The lowest BCUT2D eigenvalue weighted by Crippen LogP contribution is -2.47. The van der Waals surface area contributed by atoms with Gasteiger partial charge in [0.25, 0.3) is 0 Å². The number of fused-ring (bicyclic) bond motifs is 1. The summed E-state index contributed by atoms with van der Waals surface area (Å²) >= 11 is 0. The van der Waals surface area contributed by atoms with Crippen LogP contribution in [0, 0.1) is 5.92 Å². The van der Waals surface area contributed by atoms with Crippen molar-refractivity contribution in [3.63, 3.8) is 0 Å². The summed E-state index contributed by atoms with van der Waals surface area (Å²) < 4.78 is 44.5. The number of likely N-dealkylation sites (tertiary alicyclic amines) is 1. The van der Waals surface area contributed by atoms with Gasteiger partial charge in [-0.05, 0) is 44.7 Å². The fourth-order valence-corrected chi connectivity index (χ4v) is 4.14. The van der Waals surface area contributed by atoms with E-state index in [-0.39, 0.29) is 30.0 Å². The molecule has 1 aromatic heterocycles. The molecule has 0 saturated carbocycles. The number of nitrogens with one attached hydrogen (secondary N) is 2. The van der Waals surface area contributed by atoms with Crippen molar-refractivity contribution in [2.45, 2.75) is 57.5 Å². The number of methoxy groups -OCH3 is 1. The van der Waals surface area contributed by atoms with E-state index >= 15 is 0 Å². The van der Waals surface area contributed by atoms with Gasteiger partial charge in [0.1, 0.15) is 12.4 Å². The fraction of sp³-hybridized carbons (Fsp3) is 0.842. The first-order valence-electron chi connectivity index (χ1n) is 10.5. The van der Waals surface area contributed by atoms with Gasteiger partial charge in [0.05, 0.1) is 13.1 Å². The number of guanidine groups is 1. The third kappa shape index (κ3) is 8.37. The minimum atomic E-state index is -4.11. The molecule has 178 valence electrons. The molecule has 1 saturated heterocycles. The third-order valence-corrected chi connectivity index (χ3v) is 5.69. The van der Waals surface area contributed by atoms with Gasteiger partial charge in [-0.15, -0.1) is 24.0 Å². The number of rotatable bonds is 7. The van der Waals surface area contributed by atoms with Crippen LogP contribution in [0.5, 0.6) is 0 Å². The van der Waals surface area contributed by atoms with E-state index in [0.29, 0.717) is 31.4 Å². The van der Waals surface area contributed by atoms with Gasteiger partial charge in [0.15, 0.2) is 11.8 Å². The van der Waals surface area contributed by atoms with E-state index in [9.17, 15) is 13.2 Å². The van der Waals surface area contributed by atoms with Gasteiger partial charge in [0.2, 0.25) is 0 Å². The molecule has 0 spiro atoms. The molecule has 2 aliphatic heterocycles. The van der Waals surface area contributed by atoms with Gasteiger partial charge < -0.3 is 15.4 Å². The number of aliphatic imine (C=N–C) groups is 1. The molecule has 1 atom stereocenters. The summed E-state index contributed by atoms with van der Waals surface area (Å²) in [7, 11) is 3.37. The van der Waals surface area contributed by atoms with Crippen molar-refractivity contribution in [2.75, 3.05) is 40.3 Å². The number of halogens is 4. The van der Waals surface area contributed by atoms with Gasteiger partial charge >= 0.3 is 6.18 Å². The van der Waals surface area contributed by atoms with Crippen LogP contribution in [0.25, 0.3) is 0 Å². The lowest BCUT2D eigenvalue weighted by molar-refractivity contribution is -0.148. The largest absolute Gasteiger partial charge is 0.401 e. The molecule has 12 heteroatoms. The van der Waals surface area contributed by atoms with Crippen LogP contribution in [0.4, 0.5) is 13.2 Å². The van der Waals surface area contributed by atoms with E-state index in [2.05, 4.69) is 25.7 Å². The van der Waals surface area contributed by atoms with Gasteiger partial charge in [-0.25, -0.2) is 9.67 Å². The summed E-state index contributed by atoms with van der Waals surface area (Å²) in [5, 5.41) is 11.3. The number of hydrogen-bond acceptors (Lipinski definition) is 5. The average Bonchev–Trinajstić information content (AvgIpc) is 3.09. The Morgan fingerprint density at radius 2 is 2.00 bits per heavy atom. The number of piperidine rings is 1. The molecule has 0 aliphatic carbocycles. The summed E-state index contributed by atoms with van der Waals surface area (Å²) in [6.07, 6.45) is 0.241. The molecule has 0 radical (unpaired) electrons. The minimum Gasteiger partial charge on any atom is -0.377 e. The highest BCUT2D eigenvalue weighted by Crippen LogP contribution is 2.24. The molecule has 1 unspecified atom stereocenters. The van der Waals surface area contributed by atoms with Crippen molar-refractivity contribution in [2.24, 2.45) is 10.9 Å². The van der Waals surface area contributed by atoms with E-state index in [0.717, 1.165) is 57.0 Å². The Hall–Kier alpha value is -1.15. The zero-order chi connectivity index (χ0) is 21.6. The molecular weight excluding hydrogens is 526 g/mol. The predicted molar refractivity (Wildman–Crippen MR) is 123 cm³/mol. The smallest absolute Gasteiger partial charge is 0.377 e. The number of ether oxygens (including phenoxy) is 1. The minimum absolute atomic E-state index is 0. The Bertz CT molecular complexity index is 705. The molecule has 0 aromatic carbocycles. The van der Waals surface area contributed by atoms with Gasteiger partial charge in [-0.3, -0.25) is 9.89 Å². The highest BCUT2D eigenvalue weighted by molar-refractivity contribution is 14.0. The van der Waals surface area contributed by atoms with Gasteiger partial charge in [0, 0.05) is 33.2 Å². The molecule has 1 aromatic rings. The highest BCUT2D eigenvalue weighted by atomic mass is 127. The Labute approximate surface area is 198 Å². The van der Waals surface area contributed by atoms with Crippen molar-refractivity contribution in [3.8, 4) is 0 Å². The number of aryl methyl sites for hydroxylation is 1. The summed E-state index contributed by atoms with van der Waals surface area (Å²) in [5.74, 6) is 2.89. The first-order chi connectivity index (χ1) is 14.4. The Balaban J connectivity index is 0.00000341. The zero-order valence-electron chi connectivity index (χ0n) is 18.1. The van der Waals surface area contributed by atoms with Crippen LogP contribution in [0.3, 0.4) is 0 Å². The molecule has 0 amide bonds. The number of nitrogens with zero attached hydrogens (tertiary/aromatic N) is 5. The first kappa shape index (κ1) is 26.1. The summed E-state index contributed by atoms with van der Waals surface area (Å²) in [6, 6.07) is 0.214. The fourth-order valence-electron chi connectivity index (χ4n) is 4.14. The topological polar surface area (TPSA) is 79.6 Å². The van der Waals surface area contributed by atoms with Crippen molar-refractivity contribution in [1.82, 2.24) is 30.3 Å². The van der Waals surface area contributed by atoms with E-state index in [4.69, 9.17) is 4.74 Å². The average molecular weight is 559 g/mol. The molecule has 3 heterocycles. The first-order valence-corrected chi connectivity index (χ1v) is 10.5. The van der Waals surface area contributed by atoms with Gasteiger partial charge in [-0.1, -0.05) is 0 Å². The molecular formula is C19H33F3IN7O. The summed E-state index contributed by atoms with van der Waals surface area (Å²) in [5.41, 5.74) is 0. The molecule has 2 N–H and O–H groups in total. The van der Waals surface area contributed by atoms with Crippen LogP contribution in [0.2, 0.25) is 0 Å². The van der Waals surface area contributed by atoms with Crippen molar-refractivity contribution in [1.29, 1.82) is 0 Å². The third-order valence-electron chi connectivity index (χ3n) is 5.69. The quantitative estimate of drug-likeness (QED) is 0.303. The van der Waals surface area contributed by atoms with E-state index in [1.165, 1.54) is 4.90 Å². The number of alkyl halides is 3. The molecule has 8 nitrogen and oxygen atoms in total. The molecule has 3 rings (SSSR count). The molecule has 0 bridgehead atoms. The SMILES string of the molecule is CN=C(NCCC1CCN(CC(F)(F)F)CC1)NC1CCc2nc(COC)nn2C1.I. The maximum absolute atomic E-state index is 12.5. The molecule has 2 aliphatic rings. The normalized spacial score (nSPS) is 20.8. The highest BCUT2D eigenvalue weighted by Gasteiger charge is 2.32. The number of hydrogen-bond donors (Lipinski definition) is 2. The van der Waals surface area contributed by atoms with Crippen LogP contribution < -0.4 is 10.6 Å². The lowest BCUT2D eigenvalue weighted by Gasteiger charge is -2.32. The monoisotopic (exact) mass is 559 g/mol. The second kappa shape index (κ2) is 12.2. The van der Waals surface area contributed by atoms with E-state index < -0.39 is 12.7 Å². The van der Waals surface area contributed by atoms with Gasteiger partial charge in [-0.2, -0.15) is 18.3 Å². The maximum Gasteiger partial charge on any atom is 0.401 e. The second-order valence-electron chi connectivity index (χ2n) is 8.06. The van der Waals surface area contributed by atoms with Crippen molar-refractivity contribution < 1.29 is 17.9 Å². The van der Waals surface area contributed by atoms with Crippen LogP contribution in [-0.2, 0) is 24.3 Å². The predicted octanol–water partition coefficient (Wildman–Crippen LogP) is 2.19. The van der Waals surface area contributed by atoms with Crippen LogP contribution in [0.15, 0.2) is 4.99 Å².